The highest BCUT2D eigenvalue weighted by molar-refractivity contribution is 4.92. The molecule has 0 bridgehead atoms. The maximum absolute atomic E-state index is 12.7. The maximum atomic E-state index is 12.7. The van der Waals surface area contributed by atoms with E-state index in [1.165, 1.54) is 51.4 Å². The third kappa shape index (κ3) is 3.75. The number of rotatable bonds is 2. The Labute approximate surface area is 126 Å². The molecule has 3 aliphatic rings. The van der Waals surface area contributed by atoms with Gasteiger partial charge in [-0.15, -0.1) is 0 Å². The van der Waals surface area contributed by atoms with Crippen molar-refractivity contribution in [3.05, 3.63) is 0 Å². The van der Waals surface area contributed by atoms with Gasteiger partial charge in [-0.25, -0.2) is 0 Å². The van der Waals surface area contributed by atoms with E-state index in [-0.39, 0.29) is 0 Å². The van der Waals surface area contributed by atoms with Gasteiger partial charge in [0.1, 0.15) is 0 Å². The van der Waals surface area contributed by atoms with Crippen LogP contribution in [0.5, 0.6) is 0 Å². The van der Waals surface area contributed by atoms with E-state index in [2.05, 4.69) is 5.32 Å². The molecule has 3 aliphatic carbocycles. The minimum absolute atomic E-state index is 0.317. The fourth-order valence-corrected chi connectivity index (χ4v) is 4.94. The van der Waals surface area contributed by atoms with E-state index in [9.17, 15) is 13.2 Å². The molecule has 3 fully saturated rings. The lowest BCUT2D eigenvalue weighted by atomic mass is 9.71. The Morgan fingerprint density at radius 3 is 1.76 bits per heavy atom. The third-order valence-corrected chi connectivity index (χ3v) is 6.37. The topological polar surface area (TPSA) is 12.0 Å². The smallest absolute Gasteiger partial charge is 0.311 e. The summed E-state index contributed by atoms with van der Waals surface area (Å²) in [6.07, 6.45) is 8.83. The zero-order valence-electron chi connectivity index (χ0n) is 12.9. The van der Waals surface area contributed by atoms with Crippen molar-refractivity contribution in [3.63, 3.8) is 0 Å². The Bertz CT molecular complexity index is 328. The average Bonchev–Trinajstić information content (AvgIpc) is 2.90. The summed E-state index contributed by atoms with van der Waals surface area (Å²) in [5.74, 6) is -1.05. The summed E-state index contributed by atoms with van der Waals surface area (Å²) in [5, 5.41) is 3.67. The first-order chi connectivity index (χ1) is 9.97. The molecule has 0 saturated heterocycles. The molecule has 3 saturated carbocycles. The van der Waals surface area contributed by atoms with E-state index >= 15 is 0 Å². The zero-order valence-corrected chi connectivity index (χ0v) is 12.9. The first-order valence-corrected chi connectivity index (χ1v) is 8.80. The van der Waals surface area contributed by atoms with Gasteiger partial charge in [0, 0.05) is 12.1 Å². The second kappa shape index (κ2) is 6.10. The molecule has 21 heavy (non-hydrogen) atoms. The minimum Gasteiger partial charge on any atom is -0.311 e. The van der Waals surface area contributed by atoms with Crippen molar-refractivity contribution in [2.24, 2.45) is 11.3 Å². The highest BCUT2D eigenvalue weighted by atomic mass is 19.4. The Balaban J connectivity index is 1.40. The molecule has 4 heteroatoms. The summed E-state index contributed by atoms with van der Waals surface area (Å²) >= 11 is 0. The van der Waals surface area contributed by atoms with Crippen molar-refractivity contribution in [2.75, 3.05) is 0 Å². The minimum atomic E-state index is -3.98. The number of alkyl halides is 3. The SMILES string of the molecule is FC(F)(F)C1CCC(NC2CCC3(CCCC3)CC2)CC1. The molecule has 0 aromatic heterocycles. The van der Waals surface area contributed by atoms with Crippen LogP contribution in [0, 0.1) is 11.3 Å². The molecule has 0 amide bonds. The van der Waals surface area contributed by atoms with Crippen LogP contribution in [-0.2, 0) is 0 Å². The second-order valence-corrected chi connectivity index (χ2v) is 7.74. The Hall–Kier alpha value is -0.250. The predicted octanol–water partition coefficient (Wildman–Crippen LogP) is 5.20. The molecule has 0 atom stereocenters. The number of hydrogen-bond donors (Lipinski definition) is 1. The number of nitrogens with one attached hydrogen (secondary N) is 1. The Morgan fingerprint density at radius 1 is 0.714 bits per heavy atom. The molecule has 1 N–H and O–H groups in total. The van der Waals surface area contributed by atoms with Crippen molar-refractivity contribution in [2.45, 2.75) is 95.3 Å². The average molecular weight is 303 g/mol. The molecule has 122 valence electrons. The molecular weight excluding hydrogens is 275 g/mol. The van der Waals surface area contributed by atoms with Crippen LogP contribution < -0.4 is 5.32 Å². The van der Waals surface area contributed by atoms with Gasteiger partial charge in [-0.2, -0.15) is 13.2 Å². The molecule has 0 aromatic carbocycles. The van der Waals surface area contributed by atoms with Crippen LogP contribution >= 0.6 is 0 Å². The Morgan fingerprint density at radius 2 is 1.24 bits per heavy atom. The van der Waals surface area contributed by atoms with Crippen LogP contribution in [0.3, 0.4) is 0 Å². The van der Waals surface area contributed by atoms with Crippen LogP contribution in [0.25, 0.3) is 0 Å². The molecule has 1 nitrogen and oxygen atoms in total. The zero-order chi connectivity index (χ0) is 14.9. The van der Waals surface area contributed by atoms with Crippen LogP contribution in [0.1, 0.15) is 77.0 Å². The molecule has 0 unspecified atom stereocenters. The van der Waals surface area contributed by atoms with Crippen LogP contribution in [0.4, 0.5) is 13.2 Å². The molecule has 0 heterocycles. The van der Waals surface area contributed by atoms with Crippen molar-refractivity contribution in [3.8, 4) is 0 Å². The largest absolute Gasteiger partial charge is 0.391 e. The fourth-order valence-electron chi connectivity index (χ4n) is 4.94. The van der Waals surface area contributed by atoms with Crippen molar-refractivity contribution in [1.29, 1.82) is 0 Å². The van der Waals surface area contributed by atoms with Crippen molar-refractivity contribution >= 4 is 0 Å². The van der Waals surface area contributed by atoms with E-state index in [1.54, 1.807) is 0 Å². The third-order valence-electron chi connectivity index (χ3n) is 6.37. The van der Waals surface area contributed by atoms with Gasteiger partial charge in [-0.1, -0.05) is 12.8 Å². The summed E-state index contributed by atoms with van der Waals surface area (Å²) in [6, 6.07) is 0.884. The van der Waals surface area contributed by atoms with Gasteiger partial charge in [-0.3, -0.25) is 0 Å². The van der Waals surface area contributed by atoms with Gasteiger partial charge in [0.05, 0.1) is 5.92 Å². The molecule has 1 spiro atoms. The quantitative estimate of drug-likeness (QED) is 0.739. The monoisotopic (exact) mass is 303 g/mol. The predicted molar refractivity (Wildman–Crippen MR) is 78.1 cm³/mol. The van der Waals surface area contributed by atoms with Crippen LogP contribution in [-0.4, -0.2) is 18.3 Å². The lowest BCUT2D eigenvalue weighted by molar-refractivity contribution is -0.182. The first-order valence-electron chi connectivity index (χ1n) is 8.80. The first kappa shape index (κ1) is 15.6. The van der Waals surface area contributed by atoms with Gasteiger partial charge >= 0.3 is 6.18 Å². The Kier molecular flexibility index (Phi) is 4.54. The van der Waals surface area contributed by atoms with Crippen molar-refractivity contribution in [1.82, 2.24) is 5.32 Å². The summed E-state index contributed by atoms with van der Waals surface area (Å²) in [5.41, 5.74) is 0.645. The molecular formula is C17H28F3N. The van der Waals surface area contributed by atoms with E-state index in [0.717, 1.165) is 0 Å². The number of halogens is 3. The van der Waals surface area contributed by atoms with Gasteiger partial charge in [0.25, 0.3) is 0 Å². The van der Waals surface area contributed by atoms with E-state index in [1.807, 2.05) is 0 Å². The molecule has 0 aromatic rings. The van der Waals surface area contributed by atoms with Gasteiger partial charge in [0.15, 0.2) is 0 Å². The summed E-state index contributed by atoms with van der Waals surface area (Å²) in [7, 11) is 0. The molecule has 3 rings (SSSR count). The van der Waals surface area contributed by atoms with Crippen LogP contribution in [0.15, 0.2) is 0 Å². The molecule has 0 aliphatic heterocycles. The maximum Gasteiger partial charge on any atom is 0.391 e. The summed E-state index contributed by atoms with van der Waals surface area (Å²) in [6.45, 7) is 0. The number of hydrogen-bond acceptors (Lipinski definition) is 1. The van der Waals surface area contributed by atoms with Gasteiger partial charge in [0.2, 0.25) is 0 Å². The normalized spacial score (nSPS) is 34.4. The van der Waals surface area contributed by atoms with Crippen molar-refractivity contribution < 1.29 is 13.2 Å². The van der Waals surface area contributed by atoms with Gasteiger partial charge < -0.3 is 5.32 Å². The highest BCUT2D eigenvalue weighted by Crippen LogP contribution is 2.49. The second-order valence-electron chi connectivity index (χ2n) is 7.74. The van der Waals surface area contributed by atoms with E-state index < -0.39 is 12.1 Å². The van der Waals surface area contributed by atoms with E-state index in [4.69, 9.17) is 0 Å². The standard InChI is InChI=1S/C17H28F3N/c18-17(19,20)13-3-5-14(6-4-13)21-15-7-11-16(12-8-15)9-1-2-10-16/h13-15,21H,1-12H2. The van der Waals surface area contributed by atoms with Gasteiger partial charge in [-0.05, 0) is 69.6 Å². The van der Waals surface area contributed by atoms with E-state index in [0.29, 0.717) is 43.2 Å². The fraction of sp³-hybridized carbons (Fsp3) is 1.00. The highest BCUT2D eigenvalue weighted by Gasteiger charge is 2.42. The summed E-state index contributed by atoms with van der Waals surface area (Å²) in [4.78, 5) is 0. The summed E-state index contributed by atoms with van der Waals surface area (Å²) < 4.78 is 38.0. The van der Waals surface area contributed by atoms with Crippen LogP contribution in [0.2, 0.25) is 0 Å². The lowest BCUT2D eigenvalue weighted by Gasteiger charge is -2.40. The lowest BCUT2D eigenvalue weighted by Crippen LogP contribution is -2.44. The molecule has 0 radical (unpaired) electrons.